The molecule has 0 radical (unpaired) electrons. The number of halogens is 1. The molecular formula is C18H26FN7. The molecule has 0 amide bonds. The summed E-state index contributed by atoms with van der Waals surface area (Å²) in [4.78, 5) is 10.5. The van der Waals surface area contributed by atoms with Crippen LogP contribution < -0.4 is 10.6 Å². The van der Waals surface area contributed by atoms with Gasteiger partial charge in [0.25, 0.3) is 0 Å². The number of rotatable bonds is 5. The third kappa shape index (κ3) is 4.57. The summed E-state index contributed by atoms with van der Waals surface area (Å²) in [6.07, 6.45) is 3.49. The molecule has 0 aliphatic carbocycles. The number of aromatic nitrogens is 3. The number of nitrogens with zero attached hydrogens (tertiary/aromatic N) is 5. The number of hydrogen-bond donors (Lipinski definition) is 2. The molecule has 0 saturated heterocycles. The Balaban J connectivity index is 1.56. The number of hydrogen-bond acceptors (Lipinski definition) is 4. The van der Waals surface area contributed by atoms with Crippen molar-refractivity contribution >= 4 is 5.96 Å². The van der Waals surface area contributed by atoms with Gasteiger partial charge in [0.1, 0.15) is 18.0 Å². The van der Waals surface area contributed by atoms with E-state index in [-0.39, 0.29) is 11.9 Å². The quantitative estimate of drug-likeness (QED) is 0.619. The zero-order valence-electron chi connectivity index (χ0n) is 15.5. The highest BCUT2D eigenvalue weighted by Gasteiger charge is 2.20. The van der Waals surface area contributed by atoms with Gasteiger partial charge in [-0.15, -0.1) is 0 Å². The number of guanidine groups is 1. The van der Waals surface area contributed by atoms with Crippen molar-refractivity contribution in [1.29, 1.82) is 0 Å². The molecule has 3 rings (SSSR count). The Morgan fingerprint density at radius 3 is 3.04 bits per heavy atom. The molecule has 1 aliphatic rings. The molecule has 1 unspecified atom stereocenters. The number of nitrogens with one attached hydrogen (secondary N) is 2. The lowest BCUT2D eigenvalue weighted by Gasteiger charge is -2.25. The van der Waals surface area contributed by atoms with Crippen molar-refractivity contribution in [1.82, 2.24) is 30.3 Å². The zero-order valence-corrected chi connectivity index (χ0v) is 15.5. The van der Waals surface area contributed by atoms with E-state index in [1.165, 1.54) is 6.07 Å². The van der Waals surface area contributed by atoms with Crippen molar-refractivity contribution in [2.24, 2.45) is 4.99 Å². The van der Waals surface area contributed by atoms with Crippen molar-refractivity contribution in [3.8, 4) is 0 Å². The van der Waals surface area contributed by atoms with Crippen LogP contribution in [0, 0.1) is 5.82 Å². The fraction of sp³-hybridized carbons (Fsp3) is 0.500. The lowest BCUT2D eigenvalue weighted by Crippen LogP contribution is -2.46. The Labute approximate surface area is 153 Å². The van der Waals surface area contributed by atoms with Crippen LogP contribution in [0.3, 0.4) is 0 Å². The van der Waals surface area contributed by atoms with Gasteiger partial charge in [0.15, 0.2) is 5.96 Å². The molecule has 140 valence electrons. The van der Waals surface area contributed by atoms with Crippen LogP contribution in [-0.4, -0.2) is 52.8 Å². The second-order valence-corrected chi connectivity index (χ2v) is 6.83. The van der Waals surface area contributed by atoms with Crippen LogP contribution in [0.4, 0.5) is 4.39 Å². The smallest absolute Gasteiger partial charge is 0.191 e. The van der Waals surface area contributed by atoms with Crippen molar-refractivity contribution < 1.29 is 4.39 Å². The van der Waals surface area contributed by atoms with Gasteiger partial charge in [0.2, 0.25) is 0 Å². The Kier molecular flexibility index (Phi) is 5.82. The summed E-state index contributed by atoms with van der Waals surface area (Å²) in [5, 5.41) is 11.0. The van der Waals surface area contributed by atoms with E-state index in [4.69, 9.17) is 0 Å². The van der Waals surface area contributed by atoms with E-state index >= 15 is 0 Å². The number of benzene rings is 1. The number of fused-ring (bicyclic) bond motifs is 1. The van der Waals surface area contributed by atoms with E-state index in [1.54, 1.807) is 19.4 Å². The average molecular weight is 359 g/mol. The summed E-state index contributed by atoms with van der Waals surface area (Å²) >= 11 is 0. The van der Waals surface area contributed by atoms with Gasteiger partial charge in [-0.05, 0) is 38.2 Å². The first-order chi connectivity index (χ1) is 12.5. The maximum Gasteiger partial charge on any atom is 0.191 e. The van der Waals surface area contributed by atoms with Crippen LogP contribution in [0.25, 0.3) is 0 Å². The first-order valence-corrected chi connectivity index (χ1v) is 8.81. The lowest BCUT2D eigenvalue weighted by molar-refractivity contribution is 0.391. The lowest BCUT2D eigenvalue weighted by atomic mass is 10.1. The molecular weight excluding hydrogens is 333 g/mol. The van der Waals surface area contributed by atoms with Gasteiger partial charge >= 0.3 is 0 Å². The molecule has 7 nitrogen and oxygen atoms in total. The van der Waals surface area contributed by atoms with Crippen LogP contribution in [-0.2, 0) is 26.1 Å². The molecule has 26 heavy (non-hydrogen) atoms. The summed E-state index contributed by atoms with van der Waals surface area (Å²) in [7, 11) is 5.61. The van der Waals surface area contributed by atoms with Gasteiger partial charge in [0.05, 0.1) is 6.54 Å². The van der Waals surface area contributed by atoms with E-state index in [0.717, 1.165) is 36.7 Å². The molecule has 1 atom stereocenters. The minimum Gasteiger partial charge on any atom is -0.352 e. The maximum absolute atomic E-state index is 13.9. The number of aliphatic imine (C=N–C) groups is 1. The standard InChI is InChI=1S/C18H26FN7/c1-20-18(24-15-5-7-17-22-12-23-26(17)11-15)21-9-13-4-6-16(19)14(8-13)10-25(2)3/h4,6,8,12,15H,5,7,9-11H2,1-3H3,(H2,20,21,24). The summed E-state index contributed by atoms with van der Waals surface area (Å²) in [5.74, 6) is 1.60. The topological polar surface area (TPSA) is 70.4 Å². The average Bonchev–Trinajstić information content (AvgIpc) is 3.08. The molecule has 2 N–H and O–H groups in total. The first-order valence-electron chi connectivity index (χ1n) is 8.81. The van der Waals surface area contributed by atoms with Gasteiger partial charge in [-0.25, -0.2) is 14.1 Å². The first kappa shape index (κ1) is 18.3. The van der Waals surface area contributed by atoms with Gasteiger partial charge in [0, 0.05) is 38.2 Å². The van der Waals surface area contributed by atoms with E-state index in [9.17, 15) is 4.39 Å². The van der Waals surface area contributed by atoms with Crippen molar-refractivity contribution in [2.45, 2.75) is 38.5 Å². The summed E-state index contributed by atoms with van der Waals surface area (Å²) in [5.41, 5.74) is 1.72. The molecule has 1 aromatic carbocycles. The molecule has 2 aromatic rings. The Morgan fingerprint density at radius 1 is 1.42 bits per heavy atom. The van der Waals surface area contributed by atoms with Gasteiger partial charge in [-0.2, -0.15) is 5.10 Å². The Hall–Kier alpha value is -2.48. The second-order valence-electron chi connectivity index (χ2n) is 6.83. The van der Waals surface area contributed by atoms with Crippen LogP contribution in [0.15, 0.2) is 29.5 Å². The molecule has 0 saturated carbocycles. The van der Waals surface area contributed by atoms with Crippen molar-refractivity contribution in [2.75, 3.05) is 21.1 Å². The SMILES string of the molecule is CN=C(NCc1ccc(F)c(CN(C)C)c1)NC1CCc2ncnn2C1. The van der Waals surface area contributed by atoms with Crippen LogP contribution in [0.1, 0.15) is 23.4 Å². The minimum atomic E-state index is -0.171. The highest BCUT2D eigenvalue weighted by atomic mass is 19.1. The van der Waals surface area contributed by atoms with Crippen LogP contribution in [0.2, 0.25) is 0 Å². The largest absolute Gasteiger partial charge is 0.352 e. The maximum atomic E-state index is 13.9. The normalized spacial score (nSPS) is 17.3. The highest BCUT2D eigenvalue weighted by Crippen LogP contribution is 2.13. The molecule has 8 heteroatoms. The molecule has 0 fully saturated rings. The Bertz CT molecular complexity index is 769. The summed E-state index contributed by atoms with van der Waals surface area (Å²) < 4.78 is 15.8. The van der Waals surface area contributed by atoms with E-state index in [1.807, 2.05) is 29.7 Å². The molecule has 0 spiro atoms. The third-order valence-corrected chi connectivity index (χ3v) is 4.43. The molecule has 1 aliphatic heterocycles. The van der Waals surface area contributed by atoms with E-state index in [2.05, 4.69) is 25.7 Å². The monoisotopic (exact) mass is 359 g/mol. The highest BCUT2D eigenvalue weighted by molar-refractivity contribution is 5.79. The fourth-order valence-corrected chi connectivity index (χ4v) is 3.13. The van der Waals surface area contributed by atoms with E-state index in [0.29, 0.717) is 18.7 Å². The van der Waals surface area contributed by atoms with Crippen LogP contribution >= 0.6 is 0 Å². The molecule has 0 bridgehead atoms. The Morgan fingerprint density at radius 2 is 2.27 bits per heavy atom. The molecule has 2 heterocycles. The van der Waals surface area contributed by atoms with Crippen LogP contribution in [0.5, 0.6) is 0 Å². The van der Waals surface area contributed by atoms with Gasteiger partial charge in [-0.3, -0.25) is 4.99 Å². The van der Waals surface area contributed by atoms with E-state index < -0.39 is 0 Å². The zero-order chi connectivity index (χ0) is 18.5. The molecule has 1 aromatic heterocycles. The minimum absolute atomic E-state index is 0.171. The number of aryl methyl sites for hydroxylation is 1. The fourth-order valence-electron chi connectivity index (χ4n) is 3.13. The van der Waals surface area contributed by atoms with Gasteiger partial charge < -0.3 is 15.5 Å². The third-order valence-electron chi connectivity index (χ3n) is 4.43. The predicted molar refractivity (Wildman–Crippen MR) is 99.3 cm³/mol. The van der Waals surface area contributed by atoms with Gasteiger partial charge in [-0.1, -0.05) is 6.07 Å². The van der Waals surface area contributed by atoms with Crippen molar-refractivity contribution in [3.05, 3.63) is 47.3 Å². The van der Waals surface area contributed by atoms with Crippen molar-refractivity contribution in [3.63, 3.8) is 0 Å². The summed E-state index contributed by atoms with van der Waals surface area (Å²) in [6, 6.07) is 5.49. The predicted octanol–water partition coefficient (Wildman–Crippen LogP) is 1.16. The summed E-state index contributed by atoms with van der Waals surface area (Å²) in [6.45, 7) is 1.94. The second kappa shape index (κ2) is 8.27.